The zero-order chi connectivity index (χ0) is 12.4. The van der Waals surface area contributed by atoms with Crippen LogP contribution in [0.4, 0.5) is 0 Å². The lowest BCUT2D eigenvalue weighted by Crippen LogP contribution is -1.98. The Morgan fingerprint density at radius 1 is 1.33 bits per heavy atom. The monoisotopic (exact) mass is 258 g/mol. The number of benzene rings is 1. The van der Waals surface area contributed by atoms with E-state index >= 15 is 0 Å². The largest absolute Gasteiger partial charge is 0.493 e. The number of ketones is 1. The minimum Gasteiger partial charge on any atom is -0.493 e. The first-order valence-corrected chi connectivity index (χ1v) is 7.02. The maximum atomic E-state index is 11.9. The number of ether oxygens (including phenoxy) is 1. The van der Waals surface area contributed by atoms with Crippen molar-refractivity contribution in [2.45, 2.75) is 19.3 Å². The van der Waals surface area contributed by atoms with Crippen molar-refractivity contribution in [1.29, 1.82) is 0 Å². The number of carbonyl (C=O) groups excluding carboxylic acids is 1. The SMILES string of the molecule is O=C(CCc1ccc2c(c1)CCO2)c1cccs1. The number of rotatable bonds is 4. The zero-order valence-electron chi connectivity index (χ0n) is 10.0. The van der Waals surface area contributed by atoms with Crippen molar-refractivity contribution in [3.05, 3.63) is 51.7 Å². The smallest absolute Gasteiger partial charge is 0.173 e. The molecule has 18 heavy (non-hydrogen) atoms. The summed E-state index contributed by atoms with van der Waals surface area (Å²) in [6, 6.07) is 10.1. The van der Waals surface area contributed by atoms with Crippen molar-refractivity contribution in [2.24, 2.45) is 0 Å². The number of fused-ring (bicyclic) bond motifs is 1. The lowest BCUT2D eigenvalue weighted by atomic mass is 10.0. The molecule has 0 N–H and O–H groups in total. The quantitative estimate of drug-likeness (QED) is 0.785. The topological polar surface area (TPSA) is 26.3 Å². The first kappa shape index (κ1) is 11.5. The molecule has 2 aromatic rings. The minimum atomic E-state index is 0.238. The van der Waals surface area contributed by atoms with E-state index in [9.17, 15) is 4.79 Å². The van der Waals surface area contributed by atoms with Crippen LogP contribution < -0.4 is 4.74 Å². The van der Waals surface area contributed by atoms with Crippen molar-refractivity contribution in [2.75, 3.05) is 6.61 Å². The van der Waals surface area contributed by atoms with E-state index in [1.165, 1.54) is 22.5 Å². The number of Topliss-reactive ketones (excluding diaryl/α,β-unsaturated/α-hetero) is 1. The van der Waals surface area contributed by atoms with Gasteiger partial charge in [0, 0.05) is 12.8 Å². The Hall–Kier alpha value is -1.61. The fourth-order valence-electron chi connectivity index (χ4n) is 2.21. The number of aryl methyl sites for hydroxylation is 1. The van der Waals surface area contributed by atoms with Gasteiger partial charge in [-0.1, -0.05) is 18.2 Å². The molecule has 1 aliphatic heterocycles. The fourth-order valence-corrected chi connectivity index (χ4v) is 2.91. The Balaban J connectivity index is 1.65. The van der Waals surface area contributed by atoms with Crippen molar-refractivity contribution in [3.63, 3.8) is 0 Å². The molecule has 1 aliphatic rings. The van der Waals surface area contributed by atoms with Crippen LogP contribution in [-0.2, 0) is 12.8 Å². The molecule has 92 valence electrons. The molecule has 0 atom stereocenters. The van der Waals surface area contributed by atoms with E-state index in [1.54, 1.807) is 0 Å². The minimum absolute atomic E-state index is 0.238. The summed E-state index contributed by atoms with van der Waals surface area (Å²) in [6.45, 7) is 0.785. The van der Waals surface area contributed by atoms with Crippen LogP contribution in [-0.4, -0.2) is 12.4 Å². The third kappa shape index (κ3) is 2.31. The molecule has 0 spiro atoms. The molecule has 0 amide bonds. The fraction of sp³-hybridized carbons (Fsp3) is 0.267. The standard InChI is InChI=1S/C15H14O2S/c16-13(15-2-1-9-18-15)5-3-11-4-6-14-12(10-11)7-8-17-14/h1-2,4,6,9-10H,3,5,7-8H2. The molecule has 2 nitrogen and oxygen atoms in total. The van der Waals surface area contributed by atoms with E-state index in [-0.39, 0.29) is 5.78 Å². The maximum absolute atomic E-state index is 11.9. The molecule has 0 unspecified atom stereocenters. The maximum Gasteiger partial charge on any atom is 0.173 e. The molecule has 3 heteroatoms. The second kappa shape index (κ2) is 4.94. The van der Waals surface area contributed by atoms with Gasteiger partial charge in [-0.15, -0.1) is 11.3 Å². The van der Waals surface area contributed by atoms with Crippen LogP contribution >= 0.6 is 11.3 Å². The number of hydrogen-bond acceptors (Lipinski definition) is 3. The van der Waals surface area contributed by atoms with Crippen molar-refractivity contribution >= 4 is 17.1 Å². The summed E-state index contributed by atoms with van der Waals surface area (Å²) in [6.07, 6.45) is 2.38. The third-order valence-corrected chi connectivity index (χ3v) is 4.10. The van der Waals surface area contributed by atoms with E-state index < -0.39 is 0 Å². The molecular weight excluding hydrogens is 244 g/mol. The Morgan fingerprint density at radius 3 is 3.11 bits per heavy atom. The molecule has 1 aromatic heterocycles. The molecule has 3 rings (SSSR count). The van der Waals surface area contributed by atoms with Crippen LogP contribution in [0.1, 0.15) is 27.2 Å². The highest BCUT2D eigenvalue weighted by Crippen LogP contribution is 2.26. The van der Waals surface area contributed by atoms with Gasteiger partial charge in [0.2, 0.25) is 0 Å². The molecule has 0 bridgehead atoms. The molecule has 1 aromatic carbocycles. The van der Waals surface area contributed by atoms with Crippen LogP contribution in [0.15, 0.2) is 35.7 Å². The highest BCUT2D eigenvalue weighted by molar-refractivity contribution is 7.12. The Labute approximate surface area is 110 Å². The normalized spacial score (nSPS) is 13.1. The summed E-state index contributed by atoms with van der Waals surface area (Å²) in [5, 5.41) is 1.94. The first-order valence-electron chi connectivity index (χ1n) is 6.14. The second-order valence-electron chi connectivity index (χ2n) is 4.44. The van der Waals surface area contributed by atoms with E-state index in [0.29, 0.717) is 6.42 Å². The van der Waals surface area contributed by atoms with E-state index in [0.717, 1.165) is 30.1 Å². The average molecular weight is 258 g/mol. The van der Waals surface area contributed by atoms with Crippen LogP contribution in [0, 0.1) is 0 Å². The van der Waals surface area contributed by atoms with E-state index in [2.05, 4.69) is 12.1 Å². The molecule has 0 aliphatic carbocycles. The first-order chi connectivity index (χ1) is 8.83. The van der Waals surface area contributed by atoms with Gasteiger partial charge in [-0.3, -0.25) is 4.79 Å². The Bertz CT molecular complexity index is 558. The summed E-state index contributed by atoms with van der Waals surface area (Å²) in [5.41, 5.74) is 2.50. The van der Waals surface area contributed by atoms with Crippen LogP contribution in [0.5, 0.6) is 5.75 Å². The van der Waals surface area contributed by atoms with Crippen LogP contribution in [0.2, 0.25) is 0 Å². The number of thiophene rings is 1. The zero-order valence-corrected chi connectivity index (χ0v) is 10.8. The molecular formula is C15H14O2S. The number of hydrogen-bond donors (Lipinski definition) is 0. The predicted molar refractivity (Wildman–Crippen MR) is 72.6 cm³/mol. The molecule has 0 saturated carbocycles. The molecule has 0 radical (unpaired) electrons. The van der Waals surface area contributed by atoms with Gasteiger partial charge in [-0.2, -0.15) is 0 Å². The van der Waals surface area contributed by atoms with Gasteiger partial charge >= 0.3 is 0 Å². The van der Waals surface area contributed by atoms with Gasteiger partial charge in [0.05, 0.1) is 11.5 Å². The molecule has 2 heterocycles. The lowest BCUT2D eigenvalue weighted by molar-refractivity contribution is 0.0986. The van der Waals surface area contributed by atoms with Gasteiger partial charge in [0.15, 0.2) is 5.78 Å². The average Bonchev–Trinajstić information content (AvgIpc) is 3.05. The summed E-state index contributed by atoms with van der Waals surface area (Å²) in [7, 11) is 0. The van der Waals surface area contributed by atoms with Crippen LogP contribution in [0.3, 0.4) is 0 Å². The van der Waals surface area contributed by atoms with Crippen molar-refractivity contribution in [1.82, 2.24) is 0 Å². The van der Waals surface area contributed by atoms with Crippen LogP contribution in [0.25, 0.3) is 0 Å². The van der Waals surface area contributed by atoms with Gasteiger partial charge in [-0.25, -0.2) is 0 Å². The predicted octanol–water partition coefficient (Wildman–Crippen LogP) is 3.50. The molecule has 0 saturated heterocycles. The van der Waals surface area contributed by atoms with Gasteiger partial charge < -0.3 is 4.74 Å². The lowest BCUT2D eigenvalue weighted by Gasteiger charge is -2.03. The molecule has 0 fully saturated rings. The van der Waals surface area contributed by atoms with Gasteiger partial charge in [0.1, 0.15) is 5.75 Å². The van der Waals surface area contributed by atoms with E-state index in [4.69, 9.17) is 4.74 Å². The van der Waals surface area contributed by atoms with Crippen molar-refractivity contribution < 1.29 is 9.53 Å². The number of carbonyl (C=O) groups is 1. The summed E-state index contributed by atoms with van der Waals surface area (Å²) in [4.78, 5) is 12.8. The summed E-state index contributed by atoms with van der Waals surface area (Å²) < 4.78 is 5.47. The Morgan fingerprint density at radius 2 is 2.28 bits per heavy atom. The highest BCUT2D eigenvalue weighted by atomic mass is 32.1. The third-order valence-electron chi connectivity index (χ3n) is 3.19. The second-order valence-corrected chi connectivity index (χ2v) is 5.39. The summed E-state index contributed by atoms with van der Waals surface area (Å²) >= 11 is 1.52. The highest BCUT2D eigenvalue weighted by Gasteiger charge is 2.13. The Kier molecular flexibility index (Phi) is 3.15. The summed E-state index contributed by atoms with van der Waals surface area (Å²) in [5.74, 6) is 1.24. The van der Waals surface area contributed by atoms with Gasteiger partial charge in [-0.05, 0) is 35.1 Å². The van der Waals surface area contributed by atoms with Crippen molar-refractivity contribution in [3.8, 4) is 5.75 Å². The van der Waals surface area contributed by atoms with Gasteiger partial charge in [0.25, 0.3) is 0 Å². The van der Waals surface area contributed by atoms with E-state index in [1.807, 2.05) is 23.6 Å².